The van der Waals surface area contributed by atoms with E-state index in [-0.39, 0.29) is 25.5 Å². The minimum Gasteiger partial charge on any atom is -0.444 e. The van der Waals surface area contributed by atoms with Gasteiger partial charge < -0.3 is 10.1 Å². The van der Waals surface area contributed by atoms with Gasteiger partial charge in [0.15, 0.2) is 0 Å². The standard InChI is InChI=1S/C21H26N2O4/c1-21(2,3)27-20(25)22-15-14-19(24)23(18-12-8-5-9-13-18)26-16-17-10-6-4-7-11-17/h4-13H,14-16H2,1-3H3,(H,22,25). The summed E-state index contributed by atoms with van der Waals surface area (Å²) >= 11 is 0. The summed E-state index contributed by atoms with van der Waals surface area (Å²) in [6.07, 6.45) is -0.463. The topological polar surface area (TPSA) is 67.9 Å². The normalized spacial score (nSPS) is 10.9. The number of hydrogen-bond acceptors (Lipinski definition) is 4. The maximum atomic E-state index is 12.6. The van der Waals surface area contributed by atoms with Crippen molar-refractivity contribution in [3.63, 3.8) is 0 Å². The molecule has 6 heteroatoms. The number of carbonyl (C=O) groups is 2. The second kappa shape index (κ2) is 9.73. The molecule has 0 fully saturated rings. The Morgan fingerprint density at radius 2 is 1.56 bits per heavy atom. The molecule has 27 heavy (non-hydrogen) atoms. The first-order valence-corrected chi connectivity index (χ1v) is 8.87. The van der Waals surface area contributed by atoms with E-state index >= 15 is 0 Å². The highest BCUT2D eigenvalue weighted by molar-refractivity contribution is 5.91. The molecule has 2 aromatic carbocycles. The van der Waals surface area contributed by atoms with Crippen LogP contribution < -0.4 is 10.4 Å². The van der Waals surface area contributed by atoms with E-state index in [9.17, 15) is 9.59 Å². The Bertz CT molecular complexity index is 727. The Morgan fingerprint density at radius 1 is 0.963 bits per heavy atom. The third-order valence-electron chi connectivity index (χ3n) is 3.43. The molecule has 144 valence electrons. The number of hydrogen-bond donors (Lipinski definition) is 1. The largest absolute Gasteiger partial charge is 0.444 e. The molecule has 0 atom stereocenters. The molecule has 0 aromatic heterocycles. The van der Waals surface area contributed by atoms with Gasteiger partial charge in [0.25, 0.3) is 5.91 Å². The summed E-state index contributed by atoms with van der Waals surface area (Å²) in [7, 11) is 0. The molecular formula is C21H26N2O4. The van der Waals surface area contributed by atoms with E-state index < -0.39 is 11.7 Å². The van der Waals surface area contributed by atoms with Crippen molar-refractivity contribution in [3.8, 4) is 0 Å². The van der Waals surface area contributed by atoms with Crippen LogP contribution >= 0.6 is 0 Å². The lowest BCUT2D eigenvalue weighted by Crippen LogP contribution is -2.37. The van der Waals surface area contributed by atoms with Crippen LogP contribution in [0.2, 0.25) is 0 Å². The van der Waals surface area contributed by atoms with Gasteiger partial charge in [-0.05, 0) is 38.5 Å². The van der Waals surface area contributed by atoms with Crippen LogP contribution in [0, 0.1) is 0 Å². The van der Waals surface area contributed by atoms with Gasteiger partial charge >= 0.3 is 6.09 Å². The number of benzene rings is 2. The van der Waals surface area contributed by atoms with Gasteiger partial charge in [-0.25, -0.2) is 4.79 Å². The van der Waals surface area contributed by atoms with E-state index in [1.807, 2.05) is 48.5 Å². The maximum absolute atomic E-state index is 12.6. The molecule has 0 saturated carbocycles. The van der Waals surface area contributed by atoms with Crippen molar-refractivity contribution in [2.75, 3.05) is 11.6 Å². The first kappa shape index (κ1) is 20.5. The van der Waals surface area contributed by atoms with Crippen molar-refractivity contribution >= 4 is 17.7 Å². The molecule has 0 heterocycles. The van der Waals surface area contributed by atoms with Gasteiger partial charge in [0.2, 0.25) is 0 Å². The number of ether oxygens (including phenoxy) is 1. The summed E-state index contributed by atoms with van der Waals surface area (Å²) in [6.45, 7) is 5.78. The number of hydroxylamine groups is 1. The van der Waals surface area contributed by atoms with E-state index in [1.165, 1.54) is 5.06 Å². The average molecular weight is 370 g/mol. The van der Waals surface area contributed by atoms with Crippen molar-refractivity contribution in [2.24, 2.45) is 0 Å². The van der Waals surface area contributed by atoms with Gasteiger partial charge in [0.1, 0.15) is 12.2 Å². The summed E-state index contributed by atoms with van der Waals surface area (Å²) in [5, 5.41) is 3.85. The summed E-state index contributed by atoms with van der Waals surface area (Å²) < 4.78 is 5.16. The fraction of sp³-hybridized carbons (Fsp3) is 0.333. The van der Waals surface area contributed by atoms with Gasteiger partial charge in [0.05, 0.1) is 5.69 Å². The van der Waals surface area contributed by atoms with E-state index in [0.29, 0.717) is 5.69 Å². The van der Waals surface area contributed by atoms with Crippen LogP contribution in [0.4, 0.5) is 10.5 Å². The molecular weight excluding hydrogens is 344 g/mol. The van der Waals surface area contributed by atoms with Crippen LogP contribution in [0.3, 0.4) is 0 Å². The zero-order chi connectivity index (χ0) is 19.7. The molecule has 2 rings (SSSR count). The first-order chi connectivity index (χ1) is 12.8. The highest BCUT2D eigenvalue weighted by Crippen LogP contribution is 2.16. The van der Waals surface area contributed by atoms with Gasteiger partial charge in [-0.1, -0.05) is 48.5 Å². The number of anilines is 1. The van der Waals surface area contributed by atoms with Crippen LogP contribution in [0.15, 0.2) is 60.7 Å². The molecule has 2 amide bonds. The first-order valence-electron chi connectivity index (χ1n) is 8.87. The van der Waals surface area contributed by atoms with Crippen molar-refractivity contribution in [3.05, 3.63) is 66.2 Å². The third-order valence-corrected chi connectivity index (χ3v) is 3.43. The molecule has 6 nitrogen and oxygen atoms in total. The van der Waals surface area contributed by atoms with Gasteiger partial charge in [-0.2, -0.15) is 5.06 Å². The van der Waals surface area contributed by atoms with Crippen LogP contribution in [-0.2, 0) is 21.0 Å². The molecule has 2 aromatic rings. The molecule has 1 N–H and O–H groups in total. The van der Waals surface area contributed by atoms with E-state index in [4.69, 9.17) is 9.57 Å². The van der Waals surface area contributed by atoms with Crippen molar-refractivity contribution < 1.29 is 19.2 Å². The number of amides is 2. The molecule has 0 aliphatic carbocycles. The lowest BCUT2D eigenvalue weighted by Gasteiger charge is -2.23. The highest BCUT2D eigenvalue weighted by atomic mass is 16.7. The summed E-state index contributed by atoms with van der Waals surface area (Å²) in [4.78, 5) is 30.1. The summed E-state index contributed by atoms with van der Waals surface area (Å²) in [6, 6.07) is 18.7. The van der Waals surface area contributed by atoms with Crippen LogP contribution in [-0.4, -0.2) is 24.1 Å². The summed E-state index contributed by atoms with van der Waals surface area (Å²) in [5.74, 6) is -0.256. The minimum absolute atomic E-state index is 0.0862. The second-order valence-corrected chi connectivity index (χ2v) is 6.96. The van der Waals surface area contributed by atoms with E-state index in [1.54, 1.807) is 32.9 Å². The highest BCUT2D eigenvalue weighted by Gasteiger charge is 2.19. The predicted octanol–water partition coefficient (Wildman–Crippen LogP) is 4.07. The van der Waals surface area contributed by atoms with Gasteiger partial charge in [0, 0.05) is 13.0 Å². The van der Waals surface area contributed by atoms with Crippen LogP contribution in [0.1, 0.15) is 32.8 Å². The minimum atomic E-state index is -0.580. The number of nitrogens with zero attached hydrogens (tertiary/aromatic N) is 1. The number of nitrogens with one attached hydrogen (secondary N) is 1. The Hall–Kier alpha value is -2.86. The quantitative estimate of drug-likeness (QED) is 0.746. The van der Waals surface area contributed by atoms with E-state index in [0.717, 1.165) is 5.56 Å². The Kier molecular flexibility index (Phi) is 7.37. The smallest absolute Gasteiger partial charge is 0.407 e. The second-order valence-electron chi connectivity index (χ2n) is 6.96. The predicted molar refractivity (Wildman–Crippen MR) is 104 cm³/mol. The average Bonchev–Trinajstić information content (AvgIpc) is 2.62. The summed E-state index contributed by atoms with van der Waals surface area (Å²) in [5.41, 5.74) is 1.01. The maximum Gasteiger partial charge on any atom is 0.407 e. The zero-order valence-corrected chi connectivity index (χ0v) is 16.0. The third kappa shape index (κ3) is 7.50. The molecule has 0 saturated heterocycles. The number of carbonyl (C=O) groups excluding carboxylic acids is 2. The number of para-hydroxylation sites is 1. The number of alkyl carbamates (subject to hydrolysis) is 1. The molecule has 0 radical (unpaired) electrons. The number of rotatable bonds is 7. The van der Waals surface area contributed by atoms with Gasteiger partial charge in [-0.15, -0.1) is 0 Å². The fourth-order valence-electron chi connectivity index (χ4n) is 2.25. The van der Waals surface area contributed by atoms with Crippen molar-refractivity contribution in [1.82, 2.24) is 5.32 Å². The van der Waals surface area contributed by atoms with Crippen molar-refractivity contribution in [1.29, 1.82) is 0 Å². The zero-order valence-electron chi connectivity index (χ0n) is 16.0. The van der Waals surface area contributed by atoms with Gasteiger partial charge in [-0.3, -0.25) is 9.63 Å². The Labute approximate surface area is 160 Å². The SMILES string of the molecule is CC(C)(C)OC(=O)NCCC(=O)N(OCc1ccccc1)c1ccccc1. The van der Waals surface area contributed by atoms with Crippen molar-refractivity contribution in [2.45, 2.75) is 39.4 Å². The lowest BCUT2D eigenvalue weighted by atomic mass is 10.2. The fourth-order valence-corrected chi connectivity index (χ4v) is 2.25. The Morgan fingerprint density at radius 3 is 2.15 bits per heavy atom. The van der Waals surface area contributed by atoms with Crippen LogP contribution in [0.5, 0.6) is 0 Å². The lowest BCUT2D eigenvalue weighted by molar-refractivity contribution is -0.126. The molecule has 0 bridgehead atoms. The van der Waals surface area contributed by atoms with E-state index in [2.05, 4.69) is 5.32 Å². The molecule has 0 aliphatic rings. The molecule has 0 spiro atoms. The molecule has 0 unspecified atom stereocenters. The van der Waals surface area contributed by atoms with Crippen LogP contribution in [0.25, 0.3) is 0 Å². The Balaban J connectivity index is 1.94. The monoisotopic (exact) mass is 370 g/mol. The molecule has 0 aliphatic heterocycles.